The number of allylic oxidation sites excluding steroid dienone is 1. The van der Waals surface area contributed by atoms with E-state index in [0.717, 1.165) is 24.2 Å². The molecule has 6 nitrogen and oxygen atoms in total. The Hall–Kier alpha value is -2.89. The highest BCUT2D eigenvalue weighted by molar-refractivity contribution is 5.48. The number of nitrogens with two attached hydrogens (primary N) is 1. The summed E-state index contributed by atoms with van der Waals surface area (Å²) in [5.74, 6) is 0.449. The van der Waals surface area contributed by atoms with Gasteiger partial charge in [-0.15, -0.1) is 5.10 Å². The van der Waals surface area contributed by atoms with Gasteiger partial charge in [0.1, 0.15) is 0 Å². The van der Waals surface area contributed by atoms with Crippen molar-refractivity contribution in [3.05, 3.63) is 65.8 Å². The van der Waals surface area contributed by atoms with E-state index in [-0.39, 0.29) is 0 Å². The van der Waals surface area contributed by atoms with Gasteiger partial charge in [0.2, 0.25) is 0 Å². The lowest BCUT2D eigenvalue weighted by Gasteiger charge is -1.94. The number of nitrogens with zero attached hydrogens (tertiary/aromatic N) is 4. The van der Waals surface area contributed by atoms with Crippen molar-refractivity contribution in [3.8, 4) is 0 Å². The van der Waals surface area contributed by atoms with Crippen LogP contribution in [-0.4, -0.2) is 25.0 Å². The van der Waals surface area contributed by atoms with E-state index in [0.29, 0.717) is 12.5 Å². The fourth-order valence-electron chi connectivity index (χ4n) is 2.17. The van der Waals surface area contributed by atoms with Crippen molar-refractivity contribution in [3.63, 3.8) is 0 Å². The van der Waals surface area contributed by atoms with Crippen molar-refractivity contribution in [1.29, 1.82) is 0 Å². The summed E-state index contributed by atoms with van der Waals surface area (Å²) in [6, 6.07) is 10.2. The molecule has 22 heavy (non-hydrogen) atoms. The molecule has 2 aromatic heterocycles. The van der Waals surface area contributed by atoms with Gasteiger partial charge in [0.15, 0.2) is 5.95 Å². The second-order valence-corrected chi connectivity index (χ2v) is 5.04. The SMILES string of the molecule is Nc1ncc(CCc2cn(CC=Cc3ccccc3)nn2)[nH]1. The predicted molar refractivity (Wildman–Crippen MR) is 85.9 cm³/mol. The Kier molecular flexibility index (Phi) is 4.29. The molecule has 0 aliphatic rings. The average Bonchev–Trinajstić information content (AvgIpc) is 3.15. The van der Waals surface area contributed by atoms with E-state index in [2.05, 4.69) is 44.6 Å². The zero-order chi connectivity index (χ0) is 15.2. The summed E-state index contributed by atoms with van der Waals surface area (Å²) >= 11 is 0. The number of H-pyrrole nitrogens is 1. The van der Waals surface area contributed by atoms with E-state index in [9.17, 15) is 0 Å². The van der Waals surface area contributed by atoms with Gasteiger partial charge in [-0.25, -0.2) is 9.67 Å². The number of imidazole rings is 1. The number of hydrogen-bond donors (Lipinski definition) is 2. The molecule has 0 spiro atoms. The van der Waals surface area contributed by atoms with E-state index in [1.54, 1.807) is 6.20 Å². The maximum Gasteiger partial charge on any atom is 0.197 e. The molecule has 6 heteroatoms. The average molecular weight is 294 g/mol. The van der Waals surface area contributed by atoms with Crippen molar-refractivity contribution in [1.82, 2.24) is 25.0 Å². The second-order valence-electron chi connectivity index (χ2n) is 5.04. The number of benzene rings is 1. The summed E-state index contributed by atoms with van der Waals surface area (Å²) in [4.78, 5) is 6.98. The third kappa shape index (κ3) is 3.82. The Bertz CT molecular complexity index is 741. The zero-order valence-corrected chi connectivity index (χ0v) is 12.2. The van der Waals surface area contributed by atoms with Crippen LogP contribution in [0.25, 0.3) is 6.08 Å². The van der Waals surface area contributed by atoms with Crippen molar-refractivity contribution in [2.75, 3.05) is 5.73 Å². The van der Waals surface area contributed by atoms with Crippen LogP contribution in [0.4, 0.5) is 5.95 Å². The number of aryl methyl sites for hydroxylation is 2. The van der Waals surface area contributed by atoms with Crippen LogP contribution in [0, 0.1) is 0 Å². The smallest absolute Gasteiger partial charge is 0.197 e. The van der Waals surface area contributed by atoms with E-state index in [4.69, 9.17) is 5.73 Å². The molecule has 0 saturated carbocycles. The Balaban J connectivity index is 1.51. The van der Waals surface area contributed by atoms with Crippen molar-refractivity contribution < 1.29 is 0 Å². The van der Waals surface area contributed by atoms with E-state index >= 15 is 0 Å². The Labute approximate surface area is 128 Å². The van der Waals surface area contributed by atoms with Gasteiger partial charge in [-0.05, 0) is 18.4 Å². The highest BCUT2D eigenvalue weighted by Crippen LogP contribution is 2.05. The fraction of sp³-hybridized carbons (Fsp3) is 0.188. The van der Waals surface area contributed by atoms with Gasteiger partial charge in [0, 0.05) is 11.9 Å². The van der Waals surface area contributed by atoms with E-state index in [1.807, 2.05) is 29.1 Å². The minimum Gasteiger partial charge on any atom is -0.369 e. The molecular weight excluding hydrogens is 276 g/mol. The lowest BCUT2D eigenvalue weighted by atomic mass is 10.2. The minimum atomic E-state index is 0.449. The number of nitrogens with one attached hydrogen (secondary N) is 1. The number of hydrogen-bond acceptors (Lipinski definition) is 4. The van der Waals surface area contributed by atoms with Gasteiger partial charge in [0.05, 0.1) is 18.4 Å². The first-order chi connectivity index (χ1) is 10.8. The summed E-state index contributed by atoms with van der Waals surface area (Å²) in [6.07, 6.45) is 9.50. The maximum atomic E-state index is 5.55. The molecule has 3 rings (SSSR count). The van der Waals surface area contributed by atoms with Gasteiger partial charge >= 0.3 is 0 Å². The quantitative estimate of drug-likeness (QED) is 0.729. The van der Waals surface area contributed by atoms with Crippen LogP contribution in [0.15, 0.2) is 48.8 Å². The fourth-order valence-corrected chi connectivity index (χ4v) is 2.17. The van der Waals surface area contributed by atoms with Gasteiger partial charge < -0.3 is 10.7 Å². The van der Waals surface area contributed by atoms with Crippen LogP contribution >= 0.6 is 0 Å². The topological polar surface area (TPSA) is 85.4 Å². The molecule has 2 heterocycles. The lowest BCUT2D eigenvalue weighted by molar-refractivity contribution is 0.662. The van der Waals surface area contributed by atoms with Crippen molar-refractivity contribution in [2.24, 2.45) is 0 Å². The number of aromatic nitrogens is 5. The number of aromatic amines is 1. The highest BCUT2D eigenvalue weighted by atomic mass is 15.4. The molecule has 0 fully saturated rings. The summed E-state index contributed by atoms with van der Waals surface area (Å²) < 4.78 is 1.83. The van der Waals surface area contributed by atoms with Crippen LogP contribution in [0.2, 0.25) is 0 Å². The van der Waals surface area contributed by atoms with Crippen molar-refractivity contribution in [2.45, 2.75) is 19.4 Å². The normalized spacial score (nSPS) is 11.3. The summed E-state index contributed by atoms with van der Waals surface area (Å²) in [5, 5.41) is 8.31. The third-order valence-electron chi connectivity index (χ3n) is 3.29. The predicted octanol–water partition coefficient (Wildman–Crippen LogP) is 2.08. The van der Waals surface area contributed by atoms with Gasteiger partial charge in [-0.3, -0.25) is 0 Å². The summed E-state index contributed by atoms with van der Waals surface area (Å²) in [5.41, 5.74) is 8.70. The van der Waals surface area contributed by atoms with Crippen LogP contribution < -0.4 is 5.73 Å². The molecule has 112 valence electrons. The highest BCUT2D eigenvalue weighted by Gasteiger charge is 2.02. The van der Waals surface area contributed by atoms with Crippen LogP contribution in [0.1, 0.15) is 17.0 Å². The molecule has 0 bridgehead atoms. The van der Waals surface area contributed by atoms with E-state index < -0.39 is 0 Å². The number of nitrogen functional groups attached to an aromatic ring is 1. The number of rotatable bonds is 6. The van der Waals surface area contributed by atoms with Crippen LogP contribution in [0.3, 0.4) is 0 Å². The van der Waals surface area contributed by atoms with Gasteiger partial charge in [-0.2, -0.15) is 0 Å². The van der Waals surface area contributed by atoms with Gasteiger partial charge in [-0.1, -0.05) is 47.7 Å². The number of anilines is 1. The molecule has 0 saturated heterocycles. The molecule has 0 aliphatic carbocycles. The largest absolute Gasteiger partial charge is 0.369 e. The third-order valence-corrected chi connectivity index (χ3v) is 3.29. The van der Waals surface area contributed by atoms with Gasteiger partial charge in [0.25, 0.3) is 0 Å². The molecular formula is C16H18N6. The molecule has 0 aliphatic heterocycles. The summed E-state index contributed by atoms with van der Waals surface area (Å²) in [7, 11) is 0. The maximum absolute atomic E-state index is 5.55. The van der Waals surface area contributed by atoms with E-state index in [1.165, 1.54) is 5.56 Å². The van der Waals surface area contributed by atoms with Crippen molar-refractivity contribution >= 4 is 12.0 Å². The molecule has 0 radical (unpaired) electrons. The molecule has 3 aromatic rings. The lowest BCUT2D eigenvalue weighted by Crippen LogP contribution is -1.95. The standard InChI is InChI=1S/C16H18N6/c17-16-18-11-14(19-16)8-9-15-12-22(21-20-15)10-4-7-13-5-2-1-3-6-13/h1-7,11-12H,8-10H2,(H3,17,18,19). The Morgan fingerprint density at radius 1 is 1.18 bits per heavy atom. The Morgan fingerprint density at radius 3 is 2.82 bits per heavy atom. The molecule has 0 atom stereocenters. The summed E-state index contributed by atoms with van der Waals surface area (Å²) in [6.45, 7) is 0.707. The molecule has 0 unspecified atom stereocenters. The van der Waals surface area contributed by atoms with Crippen LogP contribution in [0.5, 0.6) is 0 Å². The first kappa shape index (κ1) is 14.1. The first-order valence-corrected chi connectivity index (χ1v) is 7.19. The molecule has 0 amide bonds. The first-order valence-electron chi connectivity index (χ1n) is 7.19. The molecule has 3 N–H and O–H groups in total. The molecule has 1 aromatic carbocycles. The minimum absolute atomic E-state index is 0.449. The second kappa shape index (κ2) is 6.71. The van der Waals surface area contributed by atoms with Crippen LogP contribution in [-0.2, 0) is 19.4 Å². The monoisotopic (exact) mass is 294 g/mol. The zero-order valence-electron chi connectivity index (χ0n) is 12.2. The Morgan fingerprint density at radius 2 is 2.05 bits per heavy atom.